The van der Waals surface area contributed by atoms with Gasteiger partial charge in [-0.25, -0.2) is 13.1 Å². The van der Waals surface area contributed by atoms with Crippen LogP contribution in [0.5, 0.6) is 0 Å². The van der Waals surface area contributed by atoms with Crippen molar-refractivity contribution in [3.8, 4) is 0 Å². The van der Waals surface area contributed by atoms with E-state index in [0.29, 0.717) is 38.0 Å². The normalized spacial score (nSPS) is 15.2. The van der Waals surface area contributed by atoms with E-state index < -0.39 is 10.0 Å². The first kappa shape index (κ1) is 22.4. The van der Waals surface area contributed by atoms with Gasteiger partial charge in [-0.05, 0) is 68.5 Å². The molecule has 9 heteroatoms. The van der Waals surface area contributed by atoms with E-state index in [9.17, 15) is 13.2 Å². The summed E-state index contributed by atoms with van der Waals surface area (Å²) in [5.74, 6) is -0.0435. The molecule has 1 saturated heterocycles. The monoisotopic (exact) mass is 455 g/mol. The van der Waals surface area contributed by atoms with Gasteiger partial charge in [0.15, 0.2) is 0 Å². The lowest BCUT2D eigenvalue weighted by Crippen LogP contribution is -2.35. The summed E-state index contributed by atoms with van der Waals surface area (Å²) < 4.78 is 29.1. The van der Waals surface area contributed by atoms with Crippen LogP contribution < -0.4 is 5.32 Å². The van der Waals surface area contributed by atoms with E-state index in [2.05, 4.69) is 15.6 Å². The molecule has 1 amide bonds. The second-order valence-electron chi connectivity index (χ2n) is 8.33. The van der Waals surface area contributed by atoms with Gasteiger partial charge in [0.1, 0.15) is 5.52 Å². The van der Waals surface area contributed by atoms with E-state index in [-0.39, 0.29) is 10.8 Å². The molecule has 1 fully saturated rings. The van der Waals surface area contributed by atoms with Crippen molar-refractivity contribution in [2.24, 2.45) is 0 Å². The fourth-order valence-corrected chi connectivity index (χ4v) is 5.56. The maximum absolute atomic E-state index is 12.9. The van der Waals surface area contributed by atoms with Crippen LogP contribution in [-0.4, -0.2) is 46.7 Å². The van der Waals surface area contributed by atoms with Crippen molar-refractivity contribution in [2.45, 2.75) is 57.4 Å². The number of sulfonamides is 1. The lowest BCUT2D eigenvalue weighted by atomic mass is 10.1. The second-order valence-corrected chi connectivity index (χ2v) is 10.3. The van der Waals surface area contributed by atoms with E-state index in [4.69, 9.17) is 0 Å². The molecule has 1 aromatic heterocycles. The molecule has 0 unspecified atom stereocenters. The number of hydrogen-bond donors (Lipinski definition) is 1. The smallest absolute Gasteiger partial charge is 0.243 e. The lowest BCUT2D eigenvalue weighted by Gasteiger charge is -2.25. The van der Waals surface area contributed by atoms with Crippen molar-refractivity contribution < 1.29 is 13.2 Å². The summed E-state index contributed by atoms with van der Waals surface area (Å²) in [6, 6.07) is 10.8. The van der Waals surface area contributed by atoms with Crippen molar-refractivity contribution in [3.63, 3.8) is 0 Å². The number of aryl methyl sites for hydroxylation is 2. The standard InChI is InChI=1S/C23H29N5O3S/c1-17-8-6-9-20(18(17)2)24-23(29)10-7-15-28-22-12-11-19(16-21(22)25-26-28)32(30,31)27-13-4-3-5-14-27/h6,8-9,11-12,16H,3-5,7,10,13-15H2,1-2H3,(H,24,29). The predicted molar refractivity (Wildman–Crippen MR) is 124 cm³/mol. The van der Waals surface area contributed by atoms with Crippen LogP contribution in [0, 0.1) is 13.8 Å². The van der Waals surface area contributed by atoms with Crippen LogP contribution in [0.15, 0.2) is 41.3 Å². The fraction of sp³-hybridized carbons (Fsp3) is 0.435. The Kier molecular flexibility index (Phi) is 6.57. The number of nitrogens with one attached hydrogen (secondary N) is 1. The number of piperidine rings is 1. The molecule has 0 aliphatic carbocycles. The number of nitrogens with zero attached hydrogens (tertiary/aromatic N) is 4. The zero-order chi connectivity index (χ0) is 22.7. The zero-order valence-corrected chi connectivity index (χ0v) is 19.4. The minimum Gasteiger partial charge on any atom is -0.326 e. The molecule has 4 rings (SSSR count). The fourth-order valence-electron chi connectivity index (χ4n) is 4.02. The Morgan fingerprint density at radius 3 is 2.66 bits per heavy atom. The first-order valence-corrected chi connectivity index (χ1v) is 12.5. The lowest BCUT2D eigenvalue weighted by molar-refractivity contribution is -0.116. The molecule has 1 N–H and O–H groups in total. The summed E-state index contributed by atoms with van der Waals surface area (Å²) in [6.45, 7) is 5.67. The minimum absolute atomic E-state index is 0.0435. The van der Waals surface area contributed by atoms with E-state index >= 15 is 0 Å². The highest BCUT2D eigenvalue weighted by Gasteiger charge is 2.26. The van der Waals surface area contributed by atoms with Gasteiger partial charge in [-0.15, -0.1) is 5.10 Å². The summed E-state index contributed by atoms with van der Waals surface area (Å²) in [4.78, 5) is 12.6. The van der Waals surface area contributed by atoms with E-state index in [1.54, 1.807) is 27.2 Å². The van der Waals surface area contributed by atoms with Gasteiger partial charge in [0, 0.05) is 31.7 Å². The third-order valence-corrected chi connectivity index (χ3v) is 7.99. The Balaban J connectivity index is 1.39. The molecular formula is C23H29N5O3S. The average molecular weight is 456 g/mol. The Bertz CT molecular complexity index is 1230. The number of carbonyl (C=O) groups is 1. The van der Waals surface area contributed by atoms with Crippen LogP contribution >= 0.6 is 0 Å². The Morgan fingerprint density at radius 1 is 1.09 bits per heavy atom. The molecule has 170 valence electrons. The van der Waals surface area contributed by atoms with Crippen molar-refractivity contribution in [1.29, 1.82) is 0 Å². The van der Waals surface area contributed by atoms with Crippen molar-refractivity contribution in [3.05, 3.63) is 47.5 Å². The second kappa shape index (κ2) is 9.38. The average Bonchev–Trinajstić information content (AvgIpc) is 3.20. The number of anilines is 1. The highest BCUT2D eigenvalue weighted by molar-refractivity contribution is 7.89. The molecule has 3 aromatic rings. The van der Waals surface area contributed by atoms with Crippen LogP contribution in [0.1, 0.15) is 43.2 Å². The van der Waals surface area contributed by atoms with Crippen LogP contribution in [0.4, 0.5) is 5.69 Å². The van der Waals surface area contributed by atoms with E-state index in [0.717, 1.165) is 41.6 Å². The Labute approximate surface area is 188 Å². The van der Waals surface area contributed by atoms with Crippen LogP contribution in [0.3, 0.4) is 0 Å². The molecular weight excluding hydrogens is 426 g/mol. The van der Waals surface area contributed by atoms with Crippen LogP contribution in [0.25, 0.3) is 11.0 Å². The molecule has 0 saturated carbocycles. The van der Waals surface area contributed by atoms with Gasteiger partial charge in [-0.2, -0.15) is 4.31 Å². The highest BCUT2D eigenvalue weighted by atomic mass is 32.2. The number of aromatic nitrogens is 3. The quantitative estimate of drug-likeness (QED) is 0.587. The van der Waals surface area contributed by atoms with Crippen molar-refractivity contribution in [1.82, 2.24) is 19.3 Å². The van der Waals surface area contributed by atoms with Gasteiger partial charge in [-0.1, -0.05) is 23.8 Å². The first-order chi connectivity index (χ1) is 15.4. The number of carbonyl (C=O) groups excluding carboxylic acids is 1. The topological polar surface area (TPSA) is 97.2 Å². The molecule has 32 heavy (non-hydrogen) atoms. The Hall–Kier alpha value is -2.78. The molecule has 0 bridgehead atoms. The van der Waals surface area contributed by atoms with Crippen LogP contribution in [-0.2, 0) is 21.4 Å². The number of benzene rings is 2. The molecule has 1 aliphatic heterocycles. The molecule has 0 atom stereocenters. The zero-order valence-electron chi connectivity index (χ0n) is 18.5. The number of fused-ring (bicyclic) bond motifs is 1. The third kappa shape index (κ3) is 4.68. The van der Waals surface area contributed by atoms with Crippen LogP contribution in [0.2, 0.25) is 0 Å². The summed E-state index contributed by atoms with van der Waals surface area (Å²) >= 11 is 0. The summed E-state index contributed by atoms with van der Waals surface area (Å²) in [6.07, 6.45) is 3.82. The molecule has 8 nitrogen and oxygen atoms in total. The molecule has 0 spiro atoms. The van der Waals surface area contributed by atoms with E-state index in [1.165, 1.54) is 0 Å². The van der Waals surface area contributed by atoms with Gasteiger partial charge >= 0.3 is 0 Å². The number of hydrogen-bond acceptors (Lipinski definition) is 5. The maximum atomic E-state index is 12.9. The third-order valence-electron chi connectivity index (χ3n) is 6.09. The largest absolute Gasteiger partial charge is 0.326 e. The highest BCUT2D eigenvalue weighted by Crippen LogP contribution is 2.24. The number of amides is 1. The van der Waals surface area contributed by atoms with E-state index in [1.807, 2.05) is 32.0 Å². The van der Waals surface area contributed by atoms with Gasteiger partial charge in [0.05, 0.1) is 10.4 Å². The predicted octanol–water partition coefficient (Wildman–Crippen LogP) is 3.64. The molecule has 1 aliphatic rings. The van der Waals surface area contributed by atoms with Gasteiger partial charge in [-0.3, -0.25) is 4.79 Å². The summed E-state index contributed by atoms with van der Waals surface area (Å²) in [5, 5.41) is 11.3. The van der Waals surface area contributed by atoms with Gasteiger partial charge in [0.2, 0.25) is 15.9 Å². The van der Waals surface area contributed by atoms with Gasteiger partial charge in [0.25, 0.3) is 0 Å². The maximum Gasteiger partial charge on any atom is 0.243 e. The first-order valence-electron chi connectivity index (χ1n) is 11.1. The minimum atomic E-state index is -3.51. The molecule has 2 aromatic carbocycles. The molecule has 0 radical (unpaired) electrons. The number of rotatable bonds is 7. The Morgan fingerprint density at radius 2 is 1.88 bits per heavy atom. The van der Waals surface area contributed by atoms with Crippen molar-refractivity contribution >= 4 is 32.7 Å². The van der Waals surface area contributed by atoms with Gasteiger partial charge < -0.3 is 5.32 Å². The van der Waals surface area contributed by atoms with Crippen molar-refractivity contribution in [2.75, 3.05) is 18.4 Å². The summed E-state index contributed by atoms with van der Waals surface area (Å²) in [7, 11) is -3.51. The SMILES string of the molecule is Cc1cccc(NC(=O)CCCn2nnc3cc(S(=O)(=O)N4CCCCC4)ccc32)c1C. The molecule has 2 heterocycles. The summed E-state index contributed by atoms with van der Waals surface area (Å²) in [5.41, 5.74) is 4.35.